The lowest BCUT2D eigenvalue weighted by molar-refractivity contribution is 0.407. The Morgan fingerprint density at radius 3 is 2.86 bits per heavy atom. The zero-order valence-corrected chi connectivity index (χ0v) is 13.4. The van der Waals surface area contributed by atoms with Gasteiger partial charge in [-0.3, -0.25) is 9.08 Å². The van der Waals surface area contributed by atoms with Gasteiger partial charge in [-0.15, -0.1) is 11.3 Å². The van der Waals surface area contributed by atoms with Crippen LogP contribution in [0.2, 0.25) is 0 Å². The molecule has 0 aromatic carbocycles. The van der Waals surface area contributed by atoms with E-state index in [1.165, 1.54) is 0 Å². The third-order valence-corrected chi connectivity index (χ3v) is 3.76. The Labute approximate surface area is 127 Å². The van der Waals surface area contributed by atoms with Crippen molar-refractivity contribution in [3.63, 3.8) is 0 Å². The van der Waals surface area contributed by atoms with E-state index in [9.17, 15) is 0 Å². The Kier molecular flexibility index (Phi) is 3.46. The van der Waals surface area contributed by atoms with E-state index in [2.05, 4.69) is 40.6 Å². The molecular formula is C14H19N5OS. The molecule has 1 N–H and O–H groups in total. The van der Waals surface area contributed by atoms with Gasteiger partial charge in [-0.1, -0.05) is 0 Å². The molecule has 0 spiro atoms. The Morgan fingerprint density at radius 1 is 1.38 bits per heavy atom. The molecule has 0 fully saturated rings. The van der Waals surface area contributed by atoms with Gasteiger partial charge in [-0.05, 0) is 20.8 Å². The lowest BCUT2D eigenvalue weighted by Crippen LogP contribution is -2.35. The number of hydrogen-bond acceptors (Lipinski definition) is 5. The van der Waals surface area contributed by atoms with Gasteiger partial charge in [0.2, 0.25) is 5.88 Å². The van der Waals surface area contributed by atoms with Crippen LogP contribution in [-0.4, -0.2) is 24.7 Å². The minimum absolute atomic E-state index is 0.0335. The number of aryl methyl sites for hydroxylation is 1. The summed E-state index contributed by atoms with van der Waals surface area (Å²) >= 11 is 1.59. The molecule has 0 aliphatic heterocycles. The van der Waals surface area contributed by atoms with Crippen molar-refractivity contribution in [3.05, 3.63) is 29.7 Å². The Hall–Kier alpha value is -1.86. The Morgan fingerprint density at radius 2 is 2.19 bits per heavy atom. The third kappa shape index (κ3) is 3.08. The molecule has 0 aliphatic carbocycles. The number of rotatable bonds is 4. The highest BCUT2D eigenvalue weighted by atomic mass is 32.1. The van der Waals surface area contributed by atoms with E-state index in [0.29, 0.717) is 18.2 Å². The number of thiazole rings is 1. The van der Waals surface area contributed by atoms with Crippen molar-refractivity contribution in [3.8, 4) is 11.6 Å². The summed E-state index contributed by atoms with van der Waals surface area (Å²) in [5.74, 6) is 1.33. The Bertz CT molecular complexity index is 749. The molecule has 0 saturated carbocycles. The third-order valence-electron chi connectivity index (χ3n) is 3.01. The zero-order valence-electron chi connectivity index (χ0n) is 12.6. The van der Waals surface area contributed by atoms with Crippen LogP contribution >= 0.6 is 11.3 Å². The maximum absolute atomic E-state index is 5.89. The fourth-order valence-corrected chi connectivity index (χ4v) is 2.69. The SMILES string of the molecule is Cn1cc(Oc2nc3sccn3c2CNC(C)(C)C)cn1. The smallest absolute Gasteiger partial charge is 0.243 e. The molecule has 0 atom stereocenters. The second-order valence-electron chi connectivity index (χ2n) is 5.97. The average Bonchev–Trinajstić information content (AvgIpc) is 3.03. The van der Waals surface area contributed by atoms with Crippen molar-refractivity contribution >= 4 is 16.3 Å². The van der Waals surface area contributed by atoms with Crippen LogP contribution < -0.4 is 10.1 Å². The van der Waals surface area contributed by atoms with Crippen molar-refractivity contribution in [1.29, 1.82) is 0 Å². The van der Waals surface area contributed by atoms with Crippen LogP contribution in [0.15, 0.2) is 24.0 Å². The fourth-order valence-electron chi connectivity index (χ4n) is 1.97. The largest absolute Gasteiger partial charge is 0.434 e. The van der Waals surface area contributed by atoms with E-state index in [1.54, 1.807) is 22.2 Å². The fraction of sp³-hybridized carbons (Fsp3) is 0.429. The summed E-state index contributed by atoms with van der Waals surface area (Å²) < 4.78 is 9.66. The van der Waals surface area contributed by atoms with Gasteiger partial charge in [0.1, 0.15) is 5.69 Å². The normalized spacial score (nSPS) is 12.2. The molecule has 7 heteroatoms. The summed E-state index contributed by atoms with van der Waals surface area (Å²) in [6, 6.07) is 0. The molecule has 3 aromatic heterocycles. The highest BCUT2D eigenvalue weighted by Gasteiger charge is 2.18. The van der Waals surface area contributed by atoms with Crippen LogP contribution in [0.5, 0.6) is 11.6 Å². The summed E-state index contributed by atoms with van der Waals surface area (Å²) in [6.45, 7) is 7.11. The maximum atomic E-state index is 5.89. The average molecular weight is 305 g/mol. The van der Waals surface area contributed by atoms with Gasteiger partial charge in [-0.25, -0.2) is 0 Å². The van der Waals surface area contributed by atoms with Gasteiger partial charge in [0, 0.05) is 30.7 Å². The van der Waals surface area contributed by atoms with Crippen molar-refractivity contribution in [2.75, 3.05) is 0 Å². The number of ether oxygens (including phenoxy) is 1. The van der Waals surface area contributed by atoms with E-state index in [0.717, 1.165) is 10.7 Å². The van der Waals surface area contributed by atoms with Crippen molar-refractivity contribution in [1.82, 2.24) is 24.5 Å². The molecule has 0 unspecified atom stereocenters. The van der Waals surface area contributed by atoms with Gasteiger partial charge in [-0.2, -0.15) is 10.1 Å². The lowest BCUT2D eigenvalue weighted by atomic mass is 10.1. The summed E-state index contributed by atoms with van der Waals surface area (Å²) in [6.07, 6.45) is 5.53. The number of imidazole rings is 1. The van der Waals surface area contributed by atoms with Crippen LogP contribution in [0.25, 0.3) is 4.96 Å². The van der Waals surface area contributed by atoms with Crippen LogP contribution in [0.3, 0.4) is 0 Å². The maximum Gasteiger partial charge on any atom is 0.243 e. The standard InChI is InChI=1S/C14H19N5OS/c1-14(2,3)15-8-11-12(17-13-19(11)5-6-21-13)20-10-7-16-18(4)9-10/h5-7,9,15H,8H2,1-4H3. The summed E-state index contributed by atoms with van der Waals surface area (Å²) in [4.78, 5) is 5.49. The van der Waals surface area contributed by atoms with Crippen molar-refractivity contribution < 1.29 is 4.74 Å². The van der Waals surface area contributed by atoms with Gasteiger partial charge in [0.25, 0.3) is 0 Å². The second kappa shape index (κ2) is 5.16. The molecule has 3 aromatic rings. The summed E-state index contributed by atoms with van der Waals surface area (Å²) in [5, 5.41) is 9.62. The minimum atomic E-state index is 0.0335. The number of nitrogens with one attached hydrogen (secondary N) is 1. The van der Waals surface area contributed by atoms with E-state index < -0.39 is 0 Å². The van der Waals surface area contributed by atoms with Crippen LogP contribution in [-0.2, 0) is 13.6 Å². The van der Waals surface area contributed by atoms with Gasteiger partial charge >= 0.3 is 0 Å². The number of hydrogen-bond donors (Lipinski definition) is 1. The first-order chi connectivity index (χ1) is 9.92. The summed E-state index contributed by atoms with van der Waals surface area (Å²) in [7, 11) is 1.86. The molecule has 112 valence electrons. The topological polar surface area (TPSA) is 56.4 Å². The lowest BCUT2D eigenvalue weighted by Gasteiger charge is -2.20. The van der Waals surface area contributed by atoms with Crippen molar-refractivity contribution in [2.24, 2.45) is 7.05 Å². The molecular weight excluding hydrogens is 286 g/mol. The van der Waals surface area contributed by atoms with Gasteiger partial charge in [0.15, 0.2) is 10.7 Å². The molecule has 6 nitrogen and oxygen atoms in total. The van der Waals surface area contributed by atoms with Gasteiger partial charge in [0.05, 0.1) is 12.4 Å². The molecule has 0 saturated heterocycles. The first kappa shape index (κ1) is 14.1. The second-order valence-corrected chi connectivity index (χ2v) is 6.85. The quantitative estimate of drug-likeness (QED) is 0.805. The molecule has 3 heterocycles. The van der Waals surface area contributed by atoms with Crippen molar-refractivity contribution in [2.45, 2.75) is 32.9 Å². The molecule has 0 amide bonds. The summed E-state index contributed by atoms with van der Waals surface area (Å²) in [5.41, 5.74) is 1.05. The highest BCUT2D eigenvalue weighted by molar-refractivity contribution is 7.15. The van der Waals surface area contributed by atoms with E-state index in [4.69, 9.17) is 4.74 Å². The molecule has 0 aliphatic rings. The van der Waals surface area contributed by atoms with E-state index in [1.807, 2.05) is 24.8 Å². The first-order valence-corrected chi connectivity index (χ1v) is 7.66. The van der Waals surface area contributed by atoms with E-state index >= 15 is 0 Å². The molecule has 0 radical (unpaired) electrons. The Balaban J connectivity index is 1.91. The van der Waals surface area contributed by atoms with Crippen LogP contribution in [0.4, 0.5) is 0 Å². The number of aromatic nitrogens is 4. The van der Waals surface area contributed by atoms with Crippen LogP contribution in [0, 0.1) is 0 Å². The van der Waals surface area contributed by atoms with E-state index in [-0.39, 0.29) is 5.54 Å². The predicted molar refractivity (Wildman–Crippen MR) is 82.9 cm³/mol. The number of fused-ring (bicyclic) bond motifs is 1. The first-order valence-electron chi connectivity index (χ1n) is 6.78. The number of nitrogens with zero attached hydrogens (tertiary/aromatic N) is 4. The predicted octanol–water partition coefficient (Wildman–Crippen LogP) is 2.81. The van der Waals surface area contributed by atoms with Crippen LogP contribution in [0.1, 0.15) is 26.5 Å². The molecule has 0 bridgehead atoms. The monoisotopic (exact) mass is 305 g/mol. The zero-order chi connectivity index (χ0) is 15.0. The molecule has 3 rings (SSSR count). The highest BCUT2D eigenvalue weighted by Crippen LogP contribution is 2.27. The molecule has 21 heavy (non-hydrogen) atoms. The minimum Gasteiger partial charge on any atom is -0.434 e. The van der Waals surface area contributed by atoms with Gasteiger partial charge < -0.3 is 10.1 Å².